The van der Waals surface area contributed by atoms with Crippen LogP contribution in [0.4, 0.5) is 0 Å². The summed E-state index contributed by atoms with van der Waals surface area (Å²) in [4.78, 5) is 36.3. The number of aromatic carboxylic acids is 1. The van der Waals surface area contributed by atoms with Crippen LogP contribution in [0.25, 0.3) is 6.08 Å². The molecule has 0 amide bonds. The minimum Gasteiger partial charge on any atom is -0.493 e. The summed E-state index contributed by atoms with van der Waals surface area (Å²) in [6.45, 7) is 0.221. The van der Waals surface area contributed by atoms with E-state index in [1.807, 2.05) is 6.07 Å². The maximum Gasteiger partial charge on any atom is 0.335 e. The van der Waals surface area contributed by atoms with Crippen molar-refractivity contribution in [1.29, 1.82) is 0 Å². The summed E-state index contributed by atoms with van der Waals surface area (Å²) < 4.78 is 12.1. The quantitative estimate of drug-likeness (QED) is 0.268. The van der Waals surface area contributed by atoms with E-state index in [0.29, 0.717) is 28.2 Å². The highest BCUT2D eigenvalue weighted by Crippen LogP contribution is 2.36. The number of hydrogen-bond donors (Lipinski definition) is 1. The zero-order valence-electron chi connectivity index (χ0n) is 16.9. The molecule has 0 heterocycles. The van der Waals surface area contributed by atoms with Crippen LogP contribution in [0.1, 0.15) is 42.2 Å². The minimum absolute atomic E-state index is 0.122. The van der Waals surface area contributed by atoms with E-state index in [9.17, 15) is 14.4 Å². The number of allylic oxidation sites excluding steroid dienone is 1. The molecule has 0 spiro atoms. The Morgan fingerprint density at radius 2 is 1.62 bits per heavy atom. The molecule has 4 rings (SSSR count). The summed E-state index contributed by atoms with van der Waals surface area (Å²) in [6, 6.07) is 16.7. The number of ether oxygens (including phenoxy) is 2. The summed E-state index contributed by atoms with van der Waals surface area (Å²) in [5.41, 5.74) is 2.61. The molecule has 6 nitrogen and oxygen atoms in total. The van der Waals surface area contributed by atoms with Gasteiger partial charge in [0.1, 0.15) is 6.61 Å². The number of rotatable bonds is 6. The zero-order chi connectivity index (χ0) is 22.8. The zero-order valence-corrected chi connectivity index (χ0v) is 19.1. The van der Waals surface area contributed by atoms with Gasteiger partial charge in [0.2, 0.25) is 0 Å². The molecule has 0 radical (unpaired) electrons. The van der Waals surface area contributed by atoms with Gasteiger partial charge in [-0.1, -0.05) is 36.4 Å². The van der Waals surface area contributed by atoms with E-state index in [-0.39, 0.29) is 29.3 Å². The van der Waals surface area contributed by atoms with Gasteiger partial charge in [-0.25, -0.2) is 4.79 Å². The van der Waals surface area contributed by atoms with E-state index in [4.69, 9.17) is 14.6 Å². The molecular weight excluding hydrogens is 523 g/mol. The fourth-order valence-corrected chi connectivity index (χ4v) is 4.21. The third-order valence-electron chi connectivity index (χ3n) is 5.05. The van der Waals surface area contributed by atoms with Crippen molar-refractivity contribution in [2.24, 2.45) is 0 Å². The average Bonchev–Trinajstić information content (AvgIpc) is 3.03. The first kappa shape index (κ1) is 21.8. The molecule has 0 atom stereocenters. The molecule has 0 saturated carbocycles. The van der Waals surface area contributed by atoms with E-state index >= 15 is 0 Å². The third kappa shape index (κ3) is 4.16. The second kappa shape index (κ2) is 8.96. The van der Waals surface area contributed by atoms with Crippen LogP contribution in [0, 0.1) is 3.57 Å². The maximum absolute atomic E-state index is 12.7. The molecule has 3 aromatic carbocycles. The summed E-state index contributed by atoms with van der Waals surface area (Å²) in [5.74, 6) is -0.582. The number of hydrogen-bond acceptors (Lipinski definition) is 5. The Hall–Kier alpha value is -3.46. The standard InChI is InChI=1S/C25H17IO6/c1-31-21-12-15(10-19-22(27)17-4-2-3-5-18(17)23(19)28)11-20(26)24(21)32-13-14-6-8-16(9-7-14)25(29)30/h2-12H,13H2,1H3,(H,29,30). The van der Waals surface area contributed by atoms with Gasteiger partial charge in [-0.05, 0) is 64.1 Å². The molecule has 0 saturated heterocycles. The fraction of sp³-hybridized carbons (Fsp3) is 0.0800. The lowest BCUT2D eigenvalue weighted by atomic mass is 10.1. The number of fused-ring (bicyclic) bond motifs is 1. The molecule has 3 aromatic rings. The van der Waals surface area contributed by atoms with Crippen molar-refractivity contribution in [2.45, 2.75) is 6.61 Å². The molecule has 32 heavy (non-hydrogen) atoms. The largest absolute Gasteiger partial charge is 0.493 e. The van der Waals surface area contributed by atoms with Crippen molar-refractivity contribution in [3.63, 3.8) is 0 Å². The van der Waals surface area contributed by atoms with Gasteiger partial charge >= 0.3 is 5.97 Å². The molecule has 7 heteroatoms. The highest BCUT2D eigenvalue weighted by Gasteiger charge is 2.32. The van der Waals surface area contributed by atoms with Crippen LogP contribution in [-0.4, -0.2) is 29.8 Å². The van der Waals surface area contributed by atoms with E-state index < -0.39 is 5.97 Å². The molecule has 1 N–H and O–H groups in total. The molecule has 0 unspecified atom stereocenters. The predicted molar refractivity (Wildman–Crippen MR) is 127 cm³/mol. The Balaban J connectivity index is 1.59. The normalized spacial score (nSPS) is 12.5. The Morgan fingerprint density at radius 3 is 2.19 bits per heavy atom. The number of halogens is 1. The number of carboxylic acid groups (broad SMARTS) is 1. The van der Waals surface area contributed by atoms with Crippen LogP contribution in [0.5, 0.6) is 11.5 Å². The third-order valence-corrected chi connectivity index (χ3v) is 5.85. The Bertz CT molecular complexity index is 1240. The molecule has 160 valence electrons. The van der Waals surface area contributed by atoms with Crippen molar-refractivity contribution < 1.29 is 29.0 Å². The molecular formula is C25H17IO6. The number of carbonyl (C=O) groups is 3. The Labute approximate surface area is 197 Å². The van der Waals surface area contributed by atoms with Gasteiger partial charge in [-0.2, -0.15) is 0 Å². The van der Waals surface area contributed by atoms with Gasteiger partial charge in [0, 0.05) is 11.1 Å². The topological polar surface area (TPSA) is 89.9 Å². The van der Waals surface area contributed by atoms with E-state index in [1.54, 1.807) is 48.5 Å². The lowest BCUT2D eigenvalue weighted by Crippen LogP contribution is -2.02. The minimum atomic E-state index is -0.985. The van der Waals surface area contributed by atoms with Crippen molar-refractivity contribution >= 4 is 46.2 Å². The molecule has 1 aliphatic carbocycles. The van der Waals surface area contributed by atoms with Gasteiger partial charge in [-0.15, -0.1) is 0 Å². The van der Waals surface area contributed by atoms with Crippen molar-refractivity contribution in [3.8, 4) is 11.5 Å². The number of carboxylic acids is 1. The van der Waals surface area contributed by atoms with Gasteiger partial charge < -0.3 is 14.6 Å². The van der Waals surface area contributed by atoms with Gasteiger partial charge in [0.15, 0.2) is 23.1 Å². The van der Waals surface area contributed by atoms with Gasteiger partial charge in [0.05, 0.1) is 21.8 Å². The van der Waals surface area contributed by atoms with Crippen molar-refractivity contribution in [3.05, 3.63) is 97.6 Å². The van der Waals surface area contributed by atoms with Crippen molar-refractivity contribution in [2.75, 3.05) is 7.11 Å². The van der Waals surface area contributed by atoms with Crippen LogP contribution >= 0.6 is 22.6 Å². The first-order valence-electron chi connectivity index (χ1n) is 9.61. The second-order valence-electron chi connectivity index (χ2n) is 7.09. The molecule has 0 aromatic heterocycles. The van der Waals surface area contributed by atoms with Gasteiger partial charge in [-0.3, -0.25) is 9.59 Å². The summed E-state index contributed by atoms with van der Waals surface area (Å²) in [7, 11) is 1.51. The van der Waals surface area contributed by atoms with E-state index in [1.165, 1.54) is 19.2 Å². The van der Waals surface area contributed by atoms with Crippen LogP contribution in [0.15, 0.2) is 66.2 Å². The van der Waals surface area contributed by atoms with E-state index in [0.717, 1.165) is 9.13 Å². The lowest BCUT2D eigenvalue weighted by molar-refractivity contribution is 0.0696. The second-order valence-corrected chi connectivity index (χ2v) is 8.25. The monoisotopic (exact) mass is 540 g/mol. The maximum atomic E-state index is 12.7. The molecule has 0 fully saturated rings. The number of methoxy groups -OCH3 is 1. The smallest absolute Gasteiger partial charge is 0.335 e. The summed E-state index contributed by atoms with van der Waals surface area (Å²) >= 11 is 2.11. The Kier molecular flexibility index (Phi) is 6.09. The fourth-order valence-electron chi connectivity index (χ4n) is 3.43. The lowest BCUT2D eigenvalue weighted by Gasteiger charge is -2.14. The first-order valence-corrected chi connectivity index (χ1v) is 10.7. The number of Topliss-reactive ketones (excluding diaryl/α,β-unsaturated/α-hetero) is 2. The highest BCUT2D eigenvalue weighted by molar-refractivity contribution is 14.1. The Morgan fingerprint density at radius 1 is 1.00 bits per heavy atom. The van der Waals surface area contributed by atoms with Crippen LogP contribution in [0.2, 0.25) is 0 Å². The SMILES string of the molecule is COc1cc(C=C2C(=O)c3ccccc3C2=O)cc(I)c1OCc1ccc(C(=O)O)cc1. The highest BCUT2D eigenvalue weighted by atomic mass is 127. The number of benzene rings is 3. The molecule has 0 aliphatic heterocycles. The van der Waals surface area contributed by atoms with Crippen LogP contribution < -0.4 is 9.47 Å². The van der Waals surface area contributed by atoms with Crippen LogP contribution in [0.3, 0.4) is 0 Å². The first-order chi connectivity index (χ1) is 15.4. The van der Waals surface area contributed by atoms with Crippen LogP contribution in [-0.2, 0) is 6.61 Å². The molecule has 1 aliphatic rings. The average molecular weight is 540 g/mol. The number of ketones is 2. The molecule has 0 bridgehead atoms. The predicted octanol–water partition coefficient (Wildman–Crippen LogP) is 5.04. The summed E-state index contributed by atoms with van der Waals surface area (Å²) in [5, 5.41) is 9.00. The summed E-state index contributed by atoms with van der Waals surface area (Å²) in [6.07, 6.45) is 1.57. The number of carbonyl (C=O) groups excluding carboxylic acids is 2. The van der Waals surface area contributed by atoms with Gasteiger partial charge in [0.25, 0.3) is 0 Å². The van der Waals surface area contributed by atoms with Crippen molar-refractivity contribution in [1.82, 2.24) is 0 Å². The van der Waals surface area contributed by atoms with E-state index in [2.05, 4.69) is 22.6 Å².